The lowest BCUT2D eigenvalue weighted by Gasteiger charge is -2.16. The minimum absolute atomic E-state index is 0.105. The number of halogens is 3. The summed E-state index contributed by atoms with van der Waals surface area (Å²) in [5.74, 6) is -3.75. The van der Waals surface area contributed by atoms with Crippen LogP contribution in [0.25, 0.3) is 0 Å². The molecular formula is C12H10F3NS. The highest BCUT2D eigenvalue weighted by Crippen LogP contribution is 2.29. The van der Waals surface area contributed by atoms with Gasteiger partial charge < -0.3 is 5.32 Å². The van der Waals surface area contributed by atoms with Crippen molar-refractivity contribution < 1.29 is 13.2 Å². The van der Waals surface area contributed by atoms with Crippen LogP contribution in [0, 0.1) is 17.5 Å². The highest BCUT2D eigenvalue weighted by Gasteiger charge is 2.21. The summed E-state index contributed by atoms with van der Waals surface area (Å²) in [6.07, 6.45) is 0. The number of benzene rings is 1. The Morgan fingerprint density at radius 2 is 1.88 bits per heavy atom. The topological polar surface area (TPSA) is 12.0 Å². The summed E-state index contributed by atoms with van der Waals surface area (Å²) in [6.45, 7) is 0. The zero-order chi connectivity index (χ0) is 12.4. The van der Waals surface area contributed by atoms with Gasteiger partial charge in [-0.05, 0) is 24.6 Å². The van der Waals surface area contributed by atoms with Crippen LogP contribution in [0.15, 0.2) is 29.6 Å². The van der Waals surface area contributed by atoms with Crippen molar-refractivity contribution in [3.63, 3.8) is 0 Å². The summed E-state index contributed by atoms with van der Waals surface area (Å²) >= 11 is 1.42. The minimum atomic E-state index is -1.43. The lowest BCUT2D eigenvalue weighted by atomic mass is 10.0. The summed E-state index contributed by atoms with van der Waals surface area (Å²) in [5.41, 5.74) is 0.105. The van der Waals surface area contributed by atoms with Crippen LogP contribution in [-0.4, -0.2) is 7.05 Å². The molecule has 0 bridgehead atoms. The summed E-state index contributed by atoms with van der Waals surface area (Å²) in [7, 11) is 1.64. The number of nitrogens with one attached hydrogen (secondary N) is 1. The monoisotopic (exact) mass is 257 g/mol. The van der Waals surface area contributed by atoms with Crippen molar-refractivity contribution in [3.8, 4) is 0 Å². The molecule has 0 radical (unpaired) electrons. The number of thiophene rings is 1. The molecule has 90 valence electrons. The van der Waals surface area contributed by atoms with Gasteiger partial charge in [-0.15, -0.1) is 11.3 Å². The van der Waals surface area contributed by atoms with Gasteiger partial charge in [-0.1, -0.05) is 12.1 Å². The van der Waals surface area contributed by atoms with Gasteiger partial charge in [0.2, 0.25) is 0 Å². The van der Waals surface area contributed by atoms with Gasteiger partial charge in [-0.2, -0.15) is 0 Å². The number of rotatable bonds is 3. The van der Waals surface area contributed by atoms with E-state index in [1.807, 2.05) is 17.5 Å². The van der Waals surface area contributed by atoms with E-state index in [9.17, 15) is 13.2 Å². The van der Waals surface area contributed by atoms with E-state index in [4.69, 9.17) is 0 Å². The van der Waals surface area contributed by atoms with Gasteiger partial charge in [0.05, 0.1) is 6.04 Å². The van der Waals surface area contributed by atoms with Crippen molar-refractivity contribution in [3.05, 3.63) is 57.5 Å². The average Bonchev–Trinajstić information content (AvgIpc) is 2.84. The normalized spacial score (nSPS) is 12.7. The summed E-state index contributed by atoms with van der Waals surface area (Å²) in [6, 6.07) is 5.36. The Morgan fingerprint density at radius 3 is 2.47 bits per heavy atom. The van der Waals surface area contributed by atoms with E-state index in [2.05, 4.69) is 5.32 Å². The van der Waals surface area contributed by atoms with Crippen molar-refractivity contribution in [2.24, 2.45) is 0 Å². The SMILES string of the molecule is CNC(c1cccs1)c1ccc(F)c(F)c1F. The molecule has 2 aromatic rings. The van der Waals surface area contributed by atoms with Crippen molar-refractivity contribution in [1.29, 1.82) is 0 Å². The number of hydrogen-bond donors (Lipinski definition) is 1. The van der Waals surface area contributed by atoms with Crippen LogP contribution in [0.4, 0.5) is 13.2 Å². The Bertz CT molecular complexity index is 511. The highest BCUT2D eigenvalue weighted by molar-refractivity contribution is 7.10. The lowest BCUT2D eigenvalue weighted by molar-refractivity contribution is 0.435. The maximum absolute atomic E-state index is 13.6. The van der Waals surface area contributed by atoms with Crippen LogP contribution >= 0.6 is 11.3 Å². The number of hydrogen-bond acceptors (Lipinski definition) is 2. The third-order valence-corrected chi connectivity index (χ3v) is 3.43. The maximum atomic E-state index is 13.6. The van der Waals surface area contributed by atoms with Crippen molar-refractivity contribution in [1.82, 2.24) is 5.32 Å². The summed E-state index contributed by atoms with van der Waals surface area (Å²) < 4.78 is 39.6. The lowest BCUT2D eigenvalue weighted by Crippen LogP contribution is -2.18. The molecule has 1 aromatic heterocycles. The van der Waals surface area contributed by atoms with Gasteiger partial charge in [0, 0.05) is 10.4 Å². The van der Waals surface area contributed by atoms with Crippen LogP contribution < -0.4 is 5.32 Å². The molecule has 5 heteroatoms. The molecule has 1 unspecified atom stereocenters. The summed E-state index contributed by atoms with van der Waals surface area (Å²) in [5, 5.41) is 4.73. The van der Waals surface area contributed by atoms with Crippen LogP contribution in [0.5, 0.6) is 0 Å². The predicted molar refractivity (Wildman–Crippen MR) is 61.5 cm³/mol. The maximum Gasteiger partial charge on any atom is 0.194 e. The second-order valence-corrected chi connectivity index (χ2v) is 4.48. The zero-order valence-electron chi connectivity index (χ0n) is 9.01. The van der Waals surface area contributed by atoms with Crippen LogP contribution in [0.2, 0.25) is 0 Å². The molecule has 2 rings (SSSR count). The Hall–Kier alpha value is -1.33. The predicted octanol–water partition coefficient (Wildman–Crippen LogP) is 3.47. The standard InChI is InChI=1S/C12H10F3NS/c1-16-12(9-3-2-6-17-9)7-4-5-8(13)11(15)10(7)14/h2-6,12,16H,1H3. The fraction of sp³-hybridized carbons (Fsp3) is 0.167. The van der Waals surface area contributed by atoms with Crippen LogP contribution in [0.3, 0.4) is 0 Å². The van der Waals surface area contributed by atoms with E-state index in [-0.39, 0.29) is 5.56 Å². The van der Waals surface area contributed by atoms with E-state index in [1.54, 1.807) is 7.05 Å². The van der Waals surface area contributed by atoms with Gasteiger partial charge in [0.25, 0.3) is 0 Å². The fourth-order valence-corrected chi connectivity index (χ4v) is 2.52. The fourth-order valence-electron chi connectivity index (χ4n) is 1.67. The molecule has 0 aliphatic heterocycles. The van der Waals surface area contributed by atoms with Gasteiger partial charge in [0.15, 0.2) is 17.5 Å². The molecule has 1 nitrogen and oxygen atoms in total. The second-order valence-electron chi connectivity index (χ2n) is 3.50. The second kappa shape index (κ2) is 4.89. The van der Waals surface area contributed by atoms with Crippen molar-refractivity contribution >= 4 is 11.3 Å². The first-order valence-electron chi connectivity index (χ1n) is 4.99. The third-order valence-electron chi connectivity index (χ3n) is 2.49. The molecular weight excluding hydrogens is 247 g/mol. The van der Waals surface area contributed by atoms with Crippen LogP contribution in [-0.2, 0) is 0 Å². The molecule has 1 aromatic carbocycles. The van der Waals surface area contributed by atoms with E-state index in [0.717, 1.165) is 10.9 Å². The molecule has 17 heavy (non-hydrogen) atoms. The minimum Gasteiger partial charge on any atom is -0.309 e. The molecule has 0 fully saturated rings. The molecule has 1 heterocycles. The quantitative estimate of drug-likeness (QED) is 0.830. The van der Waals surface area contributed by atoms with Crippen LogP contribution in [0.1, 0.15) is 16.5 Å². The van der Waals surface area contributed by atoms with Gasteiger partial charge in [-0.3, -0.25) is 0 Å². The highest BCUT2D eigenvalue weighted by atomic mass is 32.1. The molecule has 0 amide bonds. The Kier molecular flexibility index (Phi) is 3.49. The molecule has 0 saturated heterocycles. The van der Waals surface area contributed by atoms with Crippen molar-refractivity contribution in [2.75, 3.05) is 7.05 Å². The first kappa shape index (κ1) is 12.1. The van der Waals surface area contributed by atoms with E-state index in [0.29, 0.717) is 0 Å². The molecule has 0 spiro atoms. The van der Waals surface area contributed by atoms with Crippen molar-refractivity contribution in [2.45, 2.75) is 6.04 Å². The van der Waals surface area contributed by atoms with Gasteiger partial charge in [-0.25, -0.2) is 13.2 Å². The first-order chi connectivity index (χ1) is 8.15. The van der Waals surface area contributed by atoms with Gasteiger partial charge >= 0.3 is 0 Å². The molecule has 1 atom stereocenters. The Balaban J connectivity index is 2.49. The Morgan fingerprint density at radius 1 is 1.12 bits per heavy atom. The first-order valence-corrected chi connectivity index (χ1v) is 5.87. The van der Waals surface area contributed by atoms with E-state index >= 15 is 0 Å². The molecule has 0 saturated carbocycles. The largest absolute Gasteiger partial charge is 0.309 e. The Labute approximate surface area is 101 Å². The smallest absolute Gasteiger partial charge is 0.194 e. The molecule has 0 aliphatic carbocycles. The van der Waals surface area contributed by atoms with E-state index < -0.39 is 23.5 Å². The molecule has 0 aliphatic rings. The zero-order valence-corrected chi connectivity index (χ0v) is 9.82. The molecule has 1 N–H and O–H groups in total. The van der Waals surface area contributed by atoms with Gasteiger partial charge in [0.1, 0.15) is 0 Å². The van der Waals surface area contributed by atoms with E-state index in [1.165, 1.54) is 17.4 Å². The average molecular weight is 257 g/mol. The summed E-state index contributed by atoms with van der Waals surface area (Å²) in [4.78, 5) is 0.845. The third kappa shape index (κ3) is 2.21.